The Balaban J connectivity index is 1.31. The summed E-state index contributed by atoms with van der Waals surface area (Å²) in [6.07, 6.45) is 3.01. The van der Waals surface area contributed by atoms with Gasteiger partial charge in [0.1, 0.15) is 6.04 Å². The zero-order chi connectivity index (χ0) is 20.0. The zero-order valence-corrected chi connectivity index (χ0v) is 16.3. The van der Waals surface area contributed by atoms with Gasteiger partial charge in [-0.15, -0.1) is 0 Å². The number of fused-ring (bicyclic) bond motifs is 1. The molecule has 2 saturated heterocycles. The number of carbonyl (C=O) groups excluding carboxylic acids is 3. The maximum Gasteiger partial charge on any atom is 0.255 e. The predicted molar refractivity (Wildman–Crippen MR) is 104 cm³/mol. The number of amides is 3. The molecule has 5 rings (SSSR count). The number of benzene rings is 1. The Hall–Kier alpha value is -2.29. The highest BCUT2D eigenvalue weighted by Crippen LogP contribution is 2.41. The third-order valence-electron chi connectivity index (χ3n) is 6.64. The molecule has 0 bridgehead atoms. The lowest BCUT2D eigenvalue weighted by Gasteiger charge is -2.32. The summed E-state index contributed by atoms with van der Waals surface area (Å²) in [5.74, 6) is -0.771. The first-order valence-electron chi connectivity index (χ1n) is 10.4. The first kappa shape index (κ1) is 18.7. The lowest BCUT2D eigenvalue weighted by atomic mass is 10.0. The standard InChI is InChI=1S/C21H26N4O4/c26-18-5-4-16(19(27)24-18)25-12-15-13(2-1-3-14(15)20(25)28)10-23-21(6-7-21)17-11-22-8-9-29-17/h1-3,16-17,22-23H,4-12H2,(H,24,26,27). The van der Waals surface area contributed by atoms with Crippen molar-refractivity contribution in [2.24, 2.45) is 0 Å². The Morgan fingerprint density at radius 1 is 1.24 bits per heavy atom. The molecule has 1 saturated carbocycles. The van der Waals surface area contributed by atoms with Crippen LogP contribution in [0.15, 0.2) is 18.2 Å². The molecule has 29 heavy (non-hydrogen) atoms. The fraction of sp³-hybridized carbons (Fsp3) is 0.571. The van der Waals surface area contributed by atoms with Crippen molar-refractivity contribution in [2.75, 3.05) is 19.7 Å². The van der Waals surface area contributed by atoms with Crippen molar-refractivity contribution in [3.8, 4) is 0 Å². The number of rotatable bonds is 5. The van der Waals surface area contributed by atoms with Crippen molar-refractivity contribution in [3.05, 3.63) is 34.9 Å². The van der Waals surface area contributed by atoms with Crippen LogP contribution in [0.1, 0.15) is 47.2 Å². The molecule has 8 nitrogen and oxygen atoms in total. The second-order valence-electron chi connectivity index (χ2n) is 8.42. The average Bonchev–Trinajstić information content (AvgIpc) is 3.46. The van der Waals surface area contributed by atoms with Crippen molar-refractivity contribution >= 4 is 17.7 Å². The molecule has 0 radical (unpaired) electrons. The van der Waals surface area contributed by atoms with E-state index in [2.05, 4.69) is 16.0 Å². The molecular formula is C21H26N4O4. The van der Waals surface area contributed by atoms with Gasteiger partial charge in [-0.2, -0.15) is 0 Å². The topological polar surface area (TPSA) is 99.8 Å². The van der Waals surface area contributed by atoms with Gasteiger partial charge in [0.15, 0.2) is 0 Å². The van der Waals surface area contributed by atoms with Crippen LogP contribution in [0, 0.1) is 0 Å². The van der Waals surface area contributed by atoms with Gasteiger partial charge in [-0.1, -0.05) is 12.1 Å². The van der Waals surface area contributed by atoms with Crippen LogP contribution in [0.4, 0.5) is 0 Å². The van der Waals surface area contributed by atoms with E-state index in [0.717, 1.165) is 43.7 Å². The number of ether oxygens (including phenoxy) is 1. The Morgan fingerprint density at radius 3 is 2.83 bits per heavy atom. The lowest BCUT2D eigenvalue weighted by molar-refractivity contribution is -0.136. The molecule has 1 aliphatic carbocycles. The van der Waals surface area contributed by atoms with Crippen molar-refractivity contribution in [1.82, 2.24) is 20.9 Å². The number of nitrogens with zero attached hydrogens (tertiary/aromatic N) is 1. The van der Waals surface area contributed by atoms with Gasteiger partial charge in [-0.3, -0.25) is 19.7 Å². The molecule has 154 valence electrons. The molecule has 3 N–H and O–H groups in total. The lowest BCUT2D eigenvalue weighted by Crippen LogP contribution is -2.52. The molecule has 3 amide bonds. The molecule has 0 spiro atoms. The van der Waals surface area contributed by atoms with E-state index < -0.39 is 6.04 Å². The SMILES string of the molecule is O=C1CCC(N2Cc3c(CNC4(C5CNCCO5)CC4)cccc3C2=O)C(=O)N1. The van der Waals surface area contributed by atoms with E-state index >= 15 is 0 Å². The Morgan fingerprint density at radius 2 is 2.10 bits per heavy atom. The quantitative estimate of drug-likeness (QED) is 0.607. The fourth-order valence-corrected chi connectivity index (χ4v) is 4.75. The molecule has 4 aliphatic rings. The Kier molecular flexibility index (Phi) is 4.64. The molecule has 1 aromatic rings. The van der Waals surface area contributed by atoms with Crippen molar-refractivity contribution < 1.29 is 19.1 Å². The molecular weight excluding hydrogens is 372 g/mol. The van der Waals surface area contributed by atoms with Crippen LogP contribution in [0.5, 0.6) is 0 Å². The van der Waals surface area contributed by atoms with Crippen molar-refractivity contribution in [3.63, 3.8) is 0 Å². The third-order valence-corrected chi connectivity index (χ3v) is 6.64. The second-order valence-corrected chi connectivity index (χ2v) is 8.42. The van der Waals surface area contributed by atoms with Gasteiger partial charge in [-0.25, -0.2) is 0 Å². The maximum atomic E-state index is 12.9. The monoisotopic (exact) mass is 398 g/mol. The van der Waals surface area contributed by atoms with E-state index in [1.807, 2.05) is 18.2 Å². The van der Waals surface area contributed by atoms with Crippen LogP contribution in [0.3, 0.4) is 0 Å². The minimum atomic E-state index is -0.579. The summed E-state index contributed by atoms with van der Waals surface area (Å²) in [5.41, 5.74) is 2.74. The average molecular weight is 398 g/mol. The van der Waals surface area contributed by atoms with Crippen LogP contribution in [0.25, 0.3) is 0 Å². The van der Waals surface area contributed by atoms with Crippen LogP contribution in [0.2, 0.25) is 0 Å². The number of nitrogens with one attached hydrogen (secondary N) is 3. The van der Waals surface area contributed by atoms with Gasteiger partial charge in [0.25, 0.3) is 5.91 Å². The number of hydrogen-bond acceptors (Lipinski definition) is 6. The van der Waals surface area contributed by atoms with E-state index in [4.69, 9.17) is 4.74 Å². The smallest absolute Gasteiger partial charge is 0.255 e. The van der Waals surface area contributed by atoms with Gasteiger partial charge in [0.2, 0.25) is 11.8 Å². The third kappa shape index (κ3) is 3.35. The van der Waals surface area contributed by atoms with Crippen LogP contribution < -0.4 is 16.0 Å². The molecule has 3 fully saturated rings. The number of hydrogen-bond donors (Lipinski definition) is 3. The molecule has 0 aromatic heterocycles. The summed E-state index contributed by atoms with van der Waals surface area (Å²) in [7, 11) is 0. The summed E-state index contributed by atoms with van der Waals surface area (Å²) in [5, 5.41) is 9.44. The van der Waals surface area contributed by atoms with Gasteiger partial charge < -0.3 is 20.3 Å². The van der Waals surface area contributed by atoms with Gasteiger partial charge in [0, 0.05) is 43.7 Å². The Labute approximate surface area is 169 Å². The number of imide groups is 1. The van der Waals surface area contributed by atoms with Crippen molar-refractivity contribution in [1.29, 1.82) is 0 Å². The minimum absolute atomic E-state index is 0.0159. The largest absolute Gasteiger partial charge is 0.374 e. The summed E-state index contributed by atoms with van der Waals surface area (Å²) < 4.78 is 5.96. The maximum absolute atomic E-state index is 12.9. The molecule has 2 atom stereocenters. The highest BCUT2D eigenvalue weighted by atomic mass is 16.5. The number of piperidine rings is 1. The van der Waals surface area contributed by atoms with E-state index in [9.17, 15) is 14.4 Å². The predicted octanol–water partition coefficient (Wildman–Crippen LogP) is 0.0582. The number of morpholine rings is 1. The molecule has 8 heteroatoms. The van der Waals surface area contributed by atoms with Crippen LogP contribution in [-0.2, 0) is 27.4 Å². The van der Waals surface area contributed by atoms with E-state index in [0.29, 0.717) is 25.1 Å². The first-order chi connectivity index (χ1) is 14.1. The van der Waals surface area contributed by atoms with E-state index in [1.165, 1.54) is 0 Å². The Bertz CT molecular complexity index is 860. The summed E-state index contributed by atoms with van der Waals surface area (Å²) >= 11 is 0. The van der Waals surface area contributed by atoms with Gasteiger partial charge in [-0.05, 0) is 36.5 Å². The van der Waals surface area contributed by atoms with Crippen molar-refractivity contribution in [2.45, 2.75) is 56.5 Å². The molecule has 3 heterocycles. The summed E-state index contributed by atoms with van der Waals surface area (Å²) in [6, 6.07) is 5.20. The van der Waals surface area contributed by atoms with Crippen LogP contribution >= 0.6 is 0 Å². The molecule has 1 aromatic carbocycles. The highest BCUT2D eigenvalue weighted by Gasteiger charge is 2.50. The zero-order valence-electron chi connectivity index (χ0n) is 16.3. The summed E-state index contributed by atoms with van der Waals surface area (Å²) in [4.78, 5) is 38.3. The first-order valence-corrected chi connectivity index (χ1v) is 10.4. The van der Waals surface area contributed by atoms with Gasteiger partial charge in [0.05, 0.1) is 12.7 Å². The fourth-order valence-electron chi connectivity index (χ4n) is 4.75. The normalized spacial score (nSPS) is 28.3. The molecule has 2 unspecified atom stereocenters. The highest BCUT2D eigenvalue weighted by molar-refractivity contribution is 6.05. The van der Waals surface area contributed by atoms with Crippen LogP contribution in [-0.4, -0.2) is 60.0 Å². The number of carbonyl (C=O) groups is 3. The minimum Gasteiger partial charge on any atom is -0.374 e. The van der Waals surface area contributed by atoms with E-state index in [1.54, 1.807) is 4.90 Å². The summed E-state index contributed by atoms with van der Waals surface area (Å²) in [6.45, 7) is 3.58. The van der Waals surface area contributed by atoms with Gasteiger partial charge >= 0.3 is 0 Å². The molecule has 3 aliphatic heterocycles. The van der Waals surface area contributed by atoms with E-state index in [-0.39, 0.29) is 35.8 Å². The second kappa shape index (κ2) is 7.19.